The number of benzene rings is 1. The van der Waals surface area contributed by atoms with E-state index in [2.05, 4.69) is 32.6 Å². The van der Waals surface area contributed by atoms with Crippen molar-refractivity contribution in [3.8, 4) is 0 Å². The van der Waals surface area contributed by atoms with Crippen LogP contribution in [-0.4, -0.2) is 54.3 Å². The van der Waals surface area contributed by atoms with Crippen molar-refractivity contribution in [3.63, 3.8) is 0 Å². The van der Waals surface area contributed by atoms with Gasteiger partial charge in [0, 0.05) is 30.3 Å². The van der Waals surface area contributed by atoms with Gasteiger partial charge in [0.25, 0.3) is 5.91 Å². The fourth-order valence-electron chi connectivity index (χ4n) is 3.86. The van der Waals surface area contributed by atoms with E-state index >= 15 is 0 Å². The van der Waals surface area contributed by atoms with Gasteiger partial charge in [0.1, 0.15) is 5.82 Å². The number of hydrogen-bond acceptors (Lipinski definition) is 5. The summed E-state index contributed by atoms with van der Waals surface area (Å²) in [5, 5.41) is 18.9. The number of tetrazole rings is 1. The summed E-state index contributed by atoms with van der Waals surface area (Å²) in [5.74, 6) is 1.19. The Bertz CT molecular complexity index is 944. The van der Waals surface area contributed by atoms with Crippen molar-refractivity contribution in [1.82, 2.24) is 35.3 Å². The SMILES string of the molecule is CCc1cn[nH]c1[C@H]1CCCN(C(=O)c2ccc(Cn3nnnc3C)cc2)C1. The monoisotopic (exact) mass is 379 g/mol. The van der Waals surface area contributed by atoms with Gasteiger partial charge in [-0.2, -0.15) is 5.10 Å². The van der Waals surface area contributed by atoms with E-state index in [0.29, 0.717) is 12.5 Å². The number of aryl methyl sites for hydroxylation is 2. The summed E-state index contributed by atoms with van der Waals surface area (Å²) in [6, 6.07) is 7.74. The van der Waals surface area contributed by atoms with E-state index in [9.17, 15) is 4.79 Å². The number of H-pyrrole nitrogens is 1. The van der Waals surface area contributed by atoms with E-state index in [4.69, 9.17) is 0 Å². The summed E-state index contributed by atoms with van der Waals surface area (Å²) in [6.45, 7) is 6.14. The summed E-state index contributed by atoms with van der Waals surface area (Å²) >= 11 is 0. The zero-order valence-corrected chi connectivity index (χ0v) is 16.3. The molecule has 0 bridgehead atoms. The molecule has 3 heterocycles. The standard InChI is InChI=1S/C20H25N7O/c1-3-16-11-21-23-19(16)18-5-4-10-26(13-18)20(28)17-8-6-15(7-9-17)12-27-14(2)22-24-25-27/h6-9,11,18H,3-5,10,12-13H2,1-2H3,(H,21,23)/t18-/m0/s1. The molecule has 8 nitrogen and oxygen atoms in total. The predicted octanol–water partition coefficient (Wildman–Crippen LogP) is 2.34. The molecule has 1 amide bonds. The largest absolute Gasteiger partial charge is 0.338 e. The Labute approximate surface area is 163 Å². The Hall–Kier alpha value is -3.03. The average Bonchev–Trinajstić information content (AvgIpc) is 3.37. The predicted molar refractivity (Wildman–Crippen MR) is 104 cm³/mol. The first-order valence-electron chi connectivity index (χ1n) is 9.78. The lowest BCUT2D eigenvalue weighted by Gasteiger charge is -2.32. The summed E-state index contributed by atoms with van der Waals surface area (Å²) in [5.41, 5.74) is 4.22. The molecule has 1 fully saturated rings. The van der Waals surface area contributed by atoms with Crippen molar-refractivity contribution < 1.29 is 4.79 Å². The van der Waals surface area contributed by atoms with Gasteiger partial charge in [0.2, 0.25) is 0 Å². The Morgan fingerprint density at radius 1 is 1.29 bits per heavy atom. The number of rotatable bonds is 5. The smallest absolute Gasteiger partial charge is 0.253 e. The normalized spacial score (nSPS) is 17.1. The maximum atomic E-state index is 13.0. The van der Waals surface area contributed by atoms with Crippen LogP contribution in [0.15, 0.2) is 30.5 Å². The van der Waals surface area contributed by atoms with Gasteiger partial charge in [-0.15, -0.1) is 5.10 Å². The number of carbonyl (C=O) groups excluding carboxylic acids is 1. The van der Waals surface area contributed by atoms with Crippen molar-refractivity contribution in [2.75, 3.05) is 13.1 Å². The van der Waals surface area contributed by atoms with E-state index in [1.807, 2.05) is 42.3 Å². The first-order chi connectivity index (χ1) is 13.7. The quantitative estimate of drug-likeness (QED) is 0.734. The molecule has 28 heavy (non-hydrogen) atoms. The van der Waals surface area contributed by atoms with Crippen molar-refractivity contribution in [3.05, 3.63) is 58.7 Å². The van der Waals surface area contributed by atoms with Crippen molar-refractivity contribution in [1.29, 1.82) is 0 Å². The highest BCUT2D eigenvalue weighted by Gasteiger charge is 2.27. The zero-order chi connectivity index (χ0) is 19.5. The van der Waals surface area contributed by atoms with Crippen LogP contribution in [-0.2, 0) is 13.0 Å². The highest BCUT2D eigenvalue weighted by atomic mass is 16.2. The van der Waals surface area contributed by atoms with Crippen LogP contribution in [0.4, 0.5) is 0 Å². The van der Waals surface area contributed by atoms with E-state index in [1.165, 1.54) is 11.3 Å². The molecule has 0 radical (unpaired) electrons. The van der Waals surface area contributed by atoms with Crippen LogP contribution < -0.4 is 0 Å². The van der Waals surface area contributed by atoms with Crippen molar-refractivity contribution >= 4 is 5.91 Å². The van der Waals surface area contributed by atoms with E-state index in [0.717, 1.165) is 49.3 Å². The second-order valence-corrected chi connectivity index (χ2v) is 7.33. The molecule has 1 atom stereocenters. The minimum Gasteiger partial charge on any atom is -0.338 e. The number of aromatic amines is 1. The molecule has 0 spiro atoms. The van der Waals surface area contributed by atoms with Crippen LogP contribution in [0.5, 0.6) is 0 Å². The van der Waals surface area contributed by atoms with E-state index in [-0.39, 0.29) is 5.91 Å². The molecule has 3 aromatic rings. The van der Waals surface area contributed by atoms with Gasteiger partial charge in [0.05, 0.1) is 12.7 Å². The van der Waals surface area contributed by atoms with E-state index < -0.39 is 0 Å². The second kappa shape index (κ2) is 7.92. The summed E-state index contributed by atoms with van der Waals surface area (Å²) in [4.78, 5) is 15.0. The number of likely N-dealkylation sites (tertiary alicyclic amines) is 1. The lowest BCUT2D eigenvalue weighted by Crippen LogP contribution is -2.39. The van der Waals surface area contributed by atoms with Gasteiger partial charge in [-0.3, -0.25) is 9.89 Å². The molecule has 0 unspecified atom stereocenters. The number of hydrogen-bond donors (Lipinski definition) is 1. The minimum absolute atomic E-state index is 0.0902. The van der Waals surface area contributed by atoms with Crippen LogP contribution in [0.3, 0.4) is 0 Å². The number of nitrogens with zero attached hydrogens (tertiary/aromatic N) is 6. The minimum atomic E-state index is 0.0902. The molecule has 8 heteroatoms. The molecule has 1 saturated heterocycles. The average molecular weight is 379 g/mol. The summed E-state index contributed by atoms with van der Waals surface area (Å²) < 4.78 is 1.74. The Morgan fingerprint density at radius 2 is 2.11 bits per heavy atom. The van der Waals surface area contributed by atoms with Crippen LogP contribution >= 0.6 is 0 Å². The van der Waals surface area contributed by atoms with Gasteiger partial charge in [-0.25, -0.2) is 4.68 Å². The molecule has 1 aliphatic heterocycles. The molecule has 0 saturated carbocycles. The number of piperidine rings is 1. The van der Waals surface area contributed by atoms with Crippen LogP contribution in [0.1, 0.15) is 58.7 Å². The lowest BCUT2D eigenvalue weighted by atomic mass is 9.91. The van der Waals surface area contributed by atoms with Crippen molar-refractivity contribution in [2.24, 2.45) is 0 Å². The van der Waals surface area contributed by atoms with Gasteiger partial charge >= 0.3 is 0 Å². The first-order valence-corrected chi connectivity index (χ1v) is 9.78. The fraction of sp³-hybridized carbons (Fsp3) is 0.450. The number of carbonyl (C=O) groups is 1. The Morgan fingerprint density at radius 3 is 2.82 bits per heavy atom. The molecular formula is C20H25N7O. The van der Waals surface area contributed by atoms with Crippen LogP contribution in [0.25, 0.3) is 0 Å². The molecule has 4 rings (SSSR count). The first kappa shape index (κ1) is 18.3. The number of nitrogens with one attached hydrogen (secondary N) is 1. The number of aromatic nitrogens is 6. The third-order valence-electron chi connectivity index (χ3n) is 5.49. The van der Waals surface area contributed by atoms with Crippen LogP contribution in [0, 0.1) is 6.92 Å². The van der Waals surface area contributed by atoms with Crippen molar-refractivity contribution in [2.45, 2.75) is 45.6 Å². The molecular weight excluding hydrogens is 354 g/mol. The zero-order valence-electron chi connectivity index (χ0n) is 16.3. The molecule has 1 aliphatic rings. The molecule has 146 valence electrons. The highest BCUT2D eigenvalue weighted by Crippen LogP contribution is 2.28. The maximum absolute atomic E-state index is 13.0. The lowest BCUT2D eigenvalue weighted by molar-refractivity contribution is 0.0705. The Balaban J connectivity index is 1.44. The van der Waals surface area contributed by atoms with Gasteiger partial charge in [-0.05, 0) is 59.9 Å². The maximum Gasteiger partial charge on any atom is 0.253 e. The van der Waals surface area contributed by atoms with Crippen LogP contribution in [0.2, 0.25) is 0 Å². The second-order valence-electron chi connectivity index (χ2n) is 7.33. The van der Waals surface area contributed by atoms with E-state index in [1.54, 1.807) is 4.68 Å². The molecule has 1 N–H and O–H groups in total. The van der Waals surface area contributed by atoms with Gasteiger partial charge < -0.3 is 4.90 Å². The highest BCUT2D eigenvalue weighted by molar-refractivity contribution is 5.94. The summed E-state index contributed by atoms with van der Waals surface area (Å²) in [6.07, 6.45) is 4.96. The molecule has 2 aromatic heterocycles. The van der Waals surface area contributed by atoms with Gasteiger partial charge in [0.15, 0.2) is 0 Å². The third kappa shape index (κ3) is 3.67. The molecule has 1 aromatic carbocycles. The topological polar surface area (TPSA) is 92.6 Å². The fourth-order valence-corrected chi connectivity index (χ4v) is 3.86. The third-order valence-corrected chi connectivity index (χ3v) is 5.49. The van der Waals surface area contributed by atoms with Gasteiger partial charge in [-0.1, -0.05) is 19.1 Å². The summed E-state index contributed by atoms with van der Waals surface area (Å²) in [7, 11) is 0. The Kier molecular flexibility index (Phi) is 5.18. The number of amides is 1. The molecule has 0 aliphatic carbocycles.